The fourth-order valence-electron chi connectivity index (χ4n) is 1.69. The van der Waals surface area contributed by atoms with E-state index >= 15 is 0 Å². The van der Waals surface area contributed by atoms with E-state index in [0.717, 1.165) is 16.8 Å². The number of carbonyl (C=O) groups is 1. The van der Waals surface area contributed by atoms with E-state index in [9.17, 15) is 4.79 Å². The molecule has 0 fully saturated rings. The van der Waals surface area contributed by atoms with Gasteiger partial charge in [-0.3, -0.25) is 4.98 Å². The molecular formula is C14H14N2O2. The van der Waals surface area contributed by atoms with Crippen LogP contribution in [0.15, 0.2) is 36.7 Å². The zero-order chi connectivity index (χ0) is 13.1. The van der Waals surface area contributed by atoms with Crippen molar-refractivity contribution >= 4 is 17.3 Å². The number of carboxylic acids is 1. The summed E-state index contributed by atoms with van der Waals surface area (Å²) >= 11 is 0. The average Bonchev–Trinajstić information content (AvgIpc) is 2.32. The molecule has 1 heterocycles. The maximum Gasteiger partial charge on any atom is 0.337 e. The summed E-state index contributed by atoms with van der Waals surface area (Å²) < 4.78 is 0. The Kier molecular flexibility index (Phi) is 3.28. The van der Waals surface area contributed by atoms with Crippen LogP contribution in [0.5, 0.6) is 0 Å². The van der Waals surface area contributed by atoms with Crippen molar-refractivity contribution in [2.75, 3.05) is 5.32 Å². The maximum absolute atomic E-state index is 11.2. The first-order valence-corrected chi connectivity index (χ1v) is 5.59. The molecule has 92 valence electrons. The number of rotatable bonds is 3. The van der Waals surface area contributed by atoms with Crippen LogP contribution in [-0.4, -0.2) is 16.1 Å². The molecule has 0 aliphatic heterocycles. The third-order valence-corrected chi connectivity index (χ3v) is 2.71. The minimum atomic E-state index is -0.945. The van der Waals surface area contributed by atoms with Crippen molar-refractivity contribution in [1.29, 1.82) is 0 Å². The Balaban J connectivity index is 2.42. The zero-order valence-corrected chi connectivity index (χ0v) is 10.3. The topological polar surface area (TPSA) is 62.2 Å². The molecule has 0 aliphatic rings. The quantitative estimate of drug-likeness (QED) is 0.868. The third-order valence-electron chi connectivity index (χ3n) is 2.71. The zero-order valence-electron chi connectivity index (χ0n) is 10.3. The number of anilines is 2. The molecule has 2 N–H and O–H groups in total. The fraction of sp³-hybridized carbons (Fsp3) is 0.143. The highest BCUT2D eigenvalue weighted by atomic mass is 16.4. The molecule has 0 amide bonds. The van der Waals surface area contributed by atoms with Gasteiger partial charge in [0.15, 0.2) is 0 Å². The smallest absolute Gasteiger partial charge is 0.337 e. The summed E-state index contributed by atoms with van der Waals surface area (Å²) in [6.45, 7) is 3.87. The minimum absolute atomic E-state index is 0.254. The third kappa shape index (κ3) is 2.48. The second-order valence-electron chi connectivity index (χ2n) is 4.17. The number of hydrogen-bond acceptors (Lipinski definition) is 3. The Morgan fingerprint density at radius 1 is 1.22 bits per heavy atom. The predicted molar refractivity (Wildman–Crippen MR) is 70.4 cm³/mol. The lowest BCUT2D eigenvalue weighted by atomic mass is 10.1. The second-order valence-corrected chi connectivity index (χ2v) is 4.17. The molecule has 0 saturated carbocycles. The number of aromatic nitrogens is 1. The van der Waals surface area contributed by atoms with E-state index in [1.54, 1.807) is 24.5 Å². The highest BCUT2D eigenvalue weighted by Crippen LogP contribution is 2.24. The largest absolute Gasteiger partial charge is 0.478 e. The molecule has 0 spiro atoms. The lowest BCUT2D eigenvalue weighted by molar-refractivity contribution is 0.0698. The Morgan fingerprint density at radius 3 is 2.67 bits per heavy atom. The minimum Gasteiger partial charge on any atom is -0.478 e. The maximum atomic E-state index is 11.2. The monoisotopic (exact) mass is 242 g/mol. The van der Waals surface area contributed by atoms with Crippen LogP contribution >= 0.6 is 0 Å². The highest BCUT2D eigenvalue weighted by Gasteiger charge is 2.10. The molecule has 0 bridgehead atoms. The van der Waals surface area contributed by atoms with Crippen LogP contribution in [0.2, 0.25) is 0 Å². The van der Waals surface area contributed by atoms with Crippen LogP contribution in [0.1, 0.15) is 21.5 Å². The standard InChI is InChI=1S/C14H14N2O2/c1-9-3-4-11(14(17)18)12(7-9)16-13-8-15-6-5-10(13)2/h3-8,16H,1-2H3,(H,17,18). The molecule has 1 aromatic heterocycles. The molecule has 4 nitrogen and oxygen atoms in total. The number of aromatic carboxylic acids is 1. The number of aryl methyl sites for hydroxylation is 2. The molecule has 0 aliphatic carbocycles. The summed E-state index contributed by atoms with van der Waals surface area (Å²) in [5.74, 6) is -0.945. The molecule has 0 saturated heterocycles. The molecule has 0 atom stereocenters. The van der Waals surface area contributed by atoms with Gasteiger partial charge >= 0.3 is 5.97 Å². The van der Waals surface area contributed by atoms with Crippen LogP contribution in [0, 0.1) is 13.8 Å². The lowest BCUT2D eigenvalue weighted by Crippen LogP contribution is -2.04. The van der Waals surface area contributed by atoms with Crippen LogP contribution in [0.25, 0.3) is 0 Å². The van der Waals surface area contributed by atoms with Crippen LogP contribution in [0.4, 0.5) is 11.4 Å². The average molecular weight is 242 g/mol. The van der Waals surface area contributed by atoms with E-state index in [1.165, 1.54) is 0 Å². The molecule has 0 radical (unpaired) electrons. The van der Waals surface area contributed by atoms with Crippen molar-refractivity contribution in [1.82, 2.24) is 4.98 Å². The Hall–Kier alpha value is -2.36. The van der Waals surface area contributed by atoms with Gasteiger partial charge in [-0.1, -0.05) is 6.07 Å². The lowest BCUT2D eigenvalue weighted by Gasteiger charge is -2.12. The Morgan fingerprint density at radius 2 is 2.00 bits per heavy atom. The number of nitrogens with one attached hydrogen (secondary N) is 1. The first-order chi connectivity index (χ1) is 8.58. The van der Waals surface area contributed by atoms with E-state index in [4.69, 9.17) is 5.11 Å². The molecule has 0 unspecified atom stereocenters. The first-order valence-electron chi connectivity index (χ1n) is 5.59. The number of nitrogens with zero attached hydrogens (tertiary/aromatic N) is 1. The van der Waals surface area contributed by atoms with Gasteiger partial charge in [-0.05, 0) is 43.2 Å². The number of hydrogen-bond donors (Lipinski definition) is 2. The van der Waals surface area contributed by atoms with Gasteiger partial charge in [0.1, 0.15) is 0 Å². The van der Waals surface area contributed by atoms with E-state index < -0.39 is 5.97 Å². The van der Waals surface area contributed by atoms with Gasteiger partial charge in [0.2, 0.25) is 0 Å². The van der Waals surface area contributed by atoms with Crippen molar-refractivity contribution in [3.8, 4) is 0 Å². The number of benzene rings is 1. The fourth-order valence-corrected chi connectivity index (χ4v) is 1.69. The molecule has 4 heteroatoms. The number of carboxylic acid groups (broad SMARTS) is 1. The normalized spacial score (nSPS) is 10.1. The summed E-state index contributed by atoms with van der Waals surface area (Å²) in [6.07, 6.45) is 3.39. The van der Waals surface area contributed by atoms with E-state index in [-0.39, 0.29) is 5.56 Å². The molecule has 2 rings (SSSR count). The van der Waals surface area contributed by atoms with Gasteiger partial charge in [0.05, 0.1) is 23.1 Å². The van der Waals surface area contributed by atoms with Crippen molar-refractivity contribution < 1.29 is 9.90 Å². The van der Waals surface area contributed by atoms with Crippen molar-refractivity contribution in [3.63, 3.8) is 0 Å². The summed E-state index contributed by atoms with van der Waals surface area (Å²) in [7, 11) is 0. The van der Waals surface area contributed by atoms with Crippen LogP contribution < -0.4 is 5.32 Å². The SMILES string of the molecule is Cc1ccc(C(=O)O)c(Nc2cnccc2C)c1. The molecular weight excluding hydrogens is 228 g/mol. The van der Waals surface area contributed by atoms with Gasteiger partial charge in [0, 0.05) is 6.20 Å². The van der Waals surface area contributed by atoms with Crippen molar-refractivity contribution in [2.24, 2.45) is 0 Å². The van der Waals surface area contributed by atoms with Crippen molar-refractivity contribution in [3.05, 3.63) is 53.3 Å². The Bertz CT molecular complexity index is 594. The number of pyridine rings is 1. The summed E-state index contributed by atoms with van der Waals surface area (Å²) in [5.41, 5.74) is 3.67. The molecule has 1 aromatic carbocycles. The van der Waals surface area contributed by atoms with E-state index in [0.29, 0.717) is 5.69 Å². The van der Waals surface area contributed by atoms with Gasteiger partial charge in [0.25, 0.3) is 0 Å². The summed E-state index contributed by atoms with van der Waals surface area (Å²) in [6, 6.07) is 7.07. The van der Waals surface area contributed by atoms with Gasteiger partial charge in [-0.15, -0.1) is 0 Å². The Labute approximate surface area is 105 Å². The van der Waals surface area contributed by atoms with Crippen molar-refractivity contribution in [2.45, 2.75) is 13.8 Å². The molecule has 2 aromatic rings. The van der Waals surface area contributed by atoms with E-state index in [1.807, 2.05) is 26.0 Å². The first kappa shape index (κ1) is 12.1. The second kappa shape index (κ2) is 4.87. The van der Waals surface area contributed by atoms with Crippen LogP contribution in [0.3, 0.4) is 0 Å². The highest BCUT2D eigenvalue weighted by molar-refractivity contribution is 5.95. The predicted octanol–water partition coefficient (Wildman–Crippen LogP) is 3.14. The summed E-state index contributed by atoms with van der Waals surface area (Å²) in [4.78, 5) is 15.2. The van der Waals surface area contributed by atoms with Gasteiger partial charge in [-0.25, -0.2) is 4.79 Å². The summed E-state index contributed by atoms with van der Waals surface area (Å²) in [5, 5.41) is 12.3. The van der Waals surface area contributed by atoms with E-state index in [2.05, 4.69) is 10.3 Å². The van der Waals surface area contributed by atoms with Crippen LogP contribution in [-0.2, 0) is 0 Å². The van der Waals surface area contributed by atoms with Gasteiger partial charge < -0.3 is 10.4 Å². The molecule has 18 heavy (non-hydrogen) atoms. The van der Waals surface area contributed by atoms with Gasteiger partial charge in [-0.2, -0.15) is 0 Å².